The predicted octanol–water partition coefficient (Wildman–Crippen LogP) is 2.22. The number of carbonyl (C=O) groups is 2. The number of carbonyl (C=O) groups excluding carboxylic acids is 2. The zero-order chi connectivity index (χ0) is 19.4. The molecule has 0 radical (unpaired) electrons. The Morgan fingerprint density at radius 1 is 1.07 bits per heavy atom. The molecule has 152 valence electrons. The predicted molar refractivity (Wildman–Crippen MR) is 105 cm³/mol. The third-order valence-electron chi connectivity index (χ3n) is 6.33. The maximum atomic E-state index is 12.8. The van der Waals surface area contributed by atoms with Gasteiger partial charge >= 0.3 is 0 Å². The highest BCUT2D eigenvalue weighted by atomic mass is 16.5. The van der Waals surface area contributed by atoms with Gasteiger partial charge in [-0.1, -0.05) is 30.3 Å². The van der Waals surface area contributed by atoms with Crippen molar-refractivity contribution in [2.75, 3.05) is 39.5 Å². The number of likely N-dealkylation sites (tertiary alicyclic amines) is 1. The summed E-state index contributed by atoms with van der Waals surface area (Å²) in [5, 5.41) is 0. The molecule has 28 heavy (non-hydrogen) atoms. The van der Waals surface area contributed by atoms with Crippen LogP contribution in [-0.2, 0) is 25.6 Å². The summed E-state index contributed by atoms with van der Waals surface area (Å²) in [7, 11) is 0. The van der Waals surface area contributed by atoms with E-state index in [4.69, 9.17) is 9.47 Å². The Morgan fingerprint density at radius 2 is 1.79 bits per heavy atom. The average molecular weight is 386 g/mol. The van der Waals surface area contributed by atoms with Gasteiger partial charge in [-0.2, -0.15) is 0 Å². The molecule has 6 heteroatoms. The van der Waals surface area contributed by atoms with Crippen molar-refractivity contribution in [3.05, 3.63) is 35.9 Å². The zero-order valence-electron chi connectivity index (χ0n) is 16.5. The van der Waals surface area contributed by atoms with E-state index in [1.54, 1.807) is 0 Å². The van der Waals surface area contributed by atoms with Gasteiger partial charge in [0.1, 0.15) is 0 Å². The van der Waals surface area contributed by atoms with E-state index in [2.05, 4.69) is 12.1 Å². The molecule has 3 aliphatic rings. The van der Waals surface area contributed by atoms with E-state index in [1.807, 2.05) is 28.0 Å². The topological polar surface area (TPSA) is 59.1 Å². The minimum Gasteiger partial charge on any atom is -0.381 e. The molecule has 2 amide bonds. The van der Waals surface area contributed by atoms with Crippen LogP contribution in [0.25, 0.3) is 0 Å². The largest absolute Gasteiger partial charge is 0.381 e. The number of piperidine rings is 1. The van der Waals surface area contributed by atoms with Crippen LogP contribution in [0.1, 0.15) is 37.7 Å². The lowest BCUT2D eigenvalue weighted by Gasteiger charge is -2.43. The minimum atomic E-state index is -0.326. The van der Waals surface area contributed by atoms with Crippen molar-refractivity contribution < 1.29 is 19.1 Å². The monoisotopic (exact) mass is 386 g/mol. The number of ether oxygens (including phenoxy) is 2. The smallest absolute Gasteiger partial charge is 0.225 e. The van der Waals surface area contributed by atoms with Gasteiger partial charge in [0, 0.05) is 38.8 Å². The summed E-state index contributed by atoms with van der Waals surface area (Å²) in [5.74, 6) is 0.527. The first-order valence-electron chi connectivity index (χ1n) is 10.5. The van der Waals surface area contributed by atoms with Gasteiger partial charge in [-0.25, -0.2) is 0 Å². The average Bonchev–Trinajstić information content (AvgIpc) is 2.88. The summed E-state index contributed by atoms with van der Waals surface area (Å²) in [6.45, 7) is 4.50. The van der Waals surface area contributed by atoms with Crippen LogP contribution in [-0.4, -0.2) is 66.7 Å². The highest BCUT2D eigenvalue weighted by Crippen LogP contribution is 2.32. The molecule has 0 aliphatic carbocycles. The minimum absolute atomic E-state index is 0.106. The lowest BCUT2D eigenvalue weighted by molar-refractivity contribution is -0.146. The number of nitrogens with zero attached hydrogens (tertiary/aromatic N) is 2. The Morgan fingerprint density at radius 3 is 2.50 bits per heavy atom. The van der Waals surface area contributed by atoms with E-state index in [9.17, 15) is 9.59 Å². The van der Waals surface area contributed by atoms with E-state index >= 15 is 0 Å². The third-order valence-corrected chi connectivity index (χ3v) is 6.33. The molecule has 0 bridgehead atoms. The molecule has 3 fully saturated rings. The third kappa shape index (κ3) is 4.39. The van der Waals surface area contributed by atoms with E-state index in [0.717, 1.165) is 31.2 Å². The Bertz CT molecular complexity index is 679. The normalized spacial score (nSPS) is 23.6. The van der Waals surface area contributed by atoms with Crippen molar-refractivity contribution in [1.82, 2.24) is 9.80 Å². The van der Waals surface area contributed by atoms with Crippen LogP contribution in [0.2, 0.25) is 0 Å². The molecule has 4 rings (SSSR count). The van der Waals surface area contributed by atoms with Gasteiger partial charge in [0.25, 0.3) is 0 Å². The number of rotatable bonds is 3. The quantitative estimate of drug-likeness (QED) is 0.799. The van der Waals surface area contributed by atoms with Crippen LogP contribution in [0.5, 0.6) is 0 Å². The zero-order valence-corrected chi connectivity index (χ0v) is 16.5. The SMILES string of the molecule is O=C1CCOC2(CCN(C(=O)C3CCOCC3)CC2)CN1Cc1ccccc1. The number of hydrogen-bond acceptors (Lipinski definition) is 4. The molecule has 1 aromatic rings. The summed E-state index contributed by atoms with van der Waals surface area (Å²) < 4.78 is 11.6. The number of amides is 2. The molecular weight excluding hydrogens is 356 g/mol. The molecule has 3 aliphatic heterocycles. The second-order valence-corrected chi connectivity index (χ2v) is 8.23. The summed E-state index contributed by atoms with van der Waals surface area (Å²) in [4.78, 5) is 29.3. The summed E-state index contributed by atoms with van der Waals surface area (Å²) in [5.41, 5.74) is 0.813. The Balaban J connectivity index is 1.39. The summed E-state index contributed by atoms with van der Waals surface area (Å²) >= 11 is 0. The van der Waals surface area contributed by atoms with Crippen molar-refractivity contribution in [2.24, 2.45) is 5.92 Å². The van der Waals surface area contributed by atoms with Crippen molar-refractivity contribution in [3.8, 4) is 0 Å². The van der Waals surface area contributed by atoms with Crippen molar-refractivity contribution >= 4 is 11.8 Å². The van der Waals surface area contributed by atoms with Gasteiger partial charge < -0.3 is 19.3 Å². The van der Waals surface area contributed by atoms with E-state index in [0.29, 0.717) is 52.4 Å². The van der Waals surface area contributed by atoms with Crippen molar-refractivity contribution in [2.45, 2.75) is 44.2 Å². The second-order valence-electron chi connectivity index (χ2n) is 8.23. The molecule has 0 atom stereocenters. The summed E-state index contributed by atoms with van der Waals surface area (Å²) in [6, 6.07) is 10.1. The first kappa shape index (κ1) is 19.4. The van der Waals surface area contributed by atoms with Crippen LogP contribution < -0.4 is 0 Å². The Hall–Kier alpha value is -1.92. The first-order chi connectivity index (χ1) is 13.7. The maximum absolute atomic E-state index is 12.8. The lowest BCUT2D eigenvalue weighted by atomic mass is 9.89. The van der Waals surface area contributed by atoms with Crippen LogP contribution >= 0.6 is 0 Å². The van der Waals surface area contributed by atoms with Crippen molar-refractivity contribution in [1.29, 1.82) is 0 Å². The van der Waals surface area contributed by atoms with Crippen LogP contribution in [0, 0.1) is 5.92 Å². The molecular formula is C22H30N2O4. The van der Waals surface area contributed by atoms with Crippen LogP contribution in [0.4, 0.5) is 0 Å². The Labute approximate surface area is 166 Å². The van der Waals surface area contributed by atoms with Gasteiger partial charge in [-0.3, -0.25) is 9.59 Å². The highest BCUT2D eigenvalue weighted by Gasteiger charge is 2.42. The van der Waals surface area contributed by atoms with Crippen LogP contribution in [0.15, 0.2) is 30.3 Å². The van der Waals surface area contributed by atoms with Gasteiger partial charge in [0.05, 0.1) is 25.2 Å². The molecule has 0 aromatic heterocycles. The van der Waals surface area contributed by atoms with Gasteiger partial charge in [0.15, 0.2) is 0 Å². The molecule has 1 aromatic carbocycles. The highest BCUT2D eigenvalue weighted by molar-refractivity contribution is 5.79. The maximum Gasteiger partial charge on any atom is 0.225 e. The fourth-order valence-corrected chi connectivity index (χ4v) is 4.58. The lowest BCUT2D eigenvalue weighted by Crippen LogP contribution is -2.54. The van der Waals surface area contributed by atoms with E-state index in [-0.39, 0.29) is 23.3 Å². The van der Waals surface area contributed by atoms with Gasteiger partial charge in [-0.15, -0.1) is 0 Å². The first-order valence-corrected chi connectivity index (χ1v) is 10.5. The fourth-order valence-electron chi connectivity index (χ4n) is 4.58. The number of hydrogen-bond donors (Lipinski definition) is 0. The van der Waals surface area contributed by atoms with E-state index in [1.165, 1.54) is 0 Å². The molecule has 1 spiro atoms. The molecule has 0 saturated carbocycles. The number of benzene rings is 1. The van der Waals surface area contributed by atoms with Gasteiger partial charge in [0.2, 0.25) is 11.8 Å². The van der Waals surface area contributed by atoms with Gasteiger partial charge in [-0.05, 0) is 31.2 Å². The molecule has 3 heterocycles. The molecule has 3 saturated heterocycles. The molecule has 0 N–H and O–H groups in total. The fraction of sp³-hybridized carbons (Fsp3) is 0.636. The molecule has 0 unspecified atom stereocenters. The van der Waals surface area contributed by atoms with Crippen molar-refractivity contribution in [3.63, 3.8) is 0 Å². The standard InChI is InChI=1S/C22H30N2O4/c25-20-8-15-28-22(17-24(20)16-18-4-2-1-3-5-18)9-11-23(12-10-22)21(26)19-6-13-27-14-7-19/h1-5,19H,6-17H2. The molecule has 6 nitrogen and oxygen atoms in total. The Kier molecular flexibility index (Phi) is 5.97. The van der Waals surface area contributed by atoms with E-state index < -0.39 is 0 Å². The second kappa shape index (κ2) is 8.62. The van der Waals surface area contributed by atoms with Crippen LogP contribution in [0.3, 0.4) is 0 Å². The summed E-state index contributed by atoms with van der Waals surface area (Å²) in [6.07, 6.45) is 3.67.